The van der Waals surface area contributed by atoms with Crippen LogP contribution in [0, 0.1) is 0 Å². The van der Waals surface area contributed by atoms with Crippen LogP contribution in [0.4, 0.5) is 0 Å². The molecule has 3 nitrogen and oxygen atoms in total. The fraction of sp³-hybridized carbons (Fsp3) is 1.00. The van der Waals surface area contributed by atoms with E-state index in [9.17, 15) is 0 Å². The van der Waals surface area contributed by atoms with Gasteiger partial charge < -0.3 is 15.2 Å². The van der Waals surface area contributed by atoms with Crippen molar-refractivity contribution in [3.05, 3.63) is 0 Å². The number of ether oxygens (including phenoxy) is 1. The molecular formula is C10H21NO2. The molecule has 0 aromatic heterocycles. The quantitative estimate of drug-likeness (QED) is 0.687. The second kappa shape index (κ2) is 5.58. The third-order valence-electron chi connectivity index (χ3n) is 2.67. The molecule has 0 radical (unpaired) electrons. The number of nitrogens with one attached hydrogen (secondary N) is 1. The van der Waals surface area contributed by atoms with Gasteiger partial charge in [0.1, 0.15) is 0 Å². The van der Waals surface area contributed by atoms with E-state index in [0.717, 1.165) is 25.9 Å². The fourth-order valence-corrected chi connectivity index (χ4v) is 1.78. The van der Waals surface area contributed by atoms with Gasteiger partial charge in [-0.3, -0.25) is 0 Å². The van der Waals surface area contributed by atoms with Crippen molar-refractivity contribution in [2.75, 3.05) is 13.2 Å². The Bertz CT molecular complexity index is 137. The fourth-order valence-electron chi connectivity index (χ4n) is 1.78. The average Bonchev–Trinajstić information content (AvgIpc) is 2.14. The van der Waals surface area contributed by atoms with Crippen molar-refractivity contribution in [3.63, 3.8) is 0 Å². The van der Waals surface area contributed by atoms with Gasteiger partial charge in [-0.25, -0.2) is 0 Å². The lowest BCUT2D eigenvalue weighted by Crippen LogP contribution is -2.44. The van der Waals surface area contributed by atoms with Gasteiger partial charge >= 0.3 is 0 Å². The van der Waals surface area contributed by atoms with Gasteiger partial charge in [-0.15, -0.1) is 0 Å². The highest BCUT2D eigenvalue weighted by Crippen LogP contribution is 2.13. The Hall–Kier alpha value is -0.120. The summed E-state index contributed by atoms with van der Waals surface area (Å²) >= 11 is 0. The van der Waals surface area contributed by atoms with Gasteiger partial charge in [0.2, 0.25) is 0 Å². The molecule has 1 rings (SSSR count). The van der Waals surface area contributed by atoms with Crippen molar-refractivity contribution in [1.29, 1.82) is 0 Å². The number of rotatable bonds is 4. The number of hydrogen-bond acceptors (Lipinski definition) is 3. The zero-order valence-electron chi connectivity index (χ0n) is 8.62. The van der Waals surface area contributed by atoms with Crippen LogP contribution in [0.25, 0.3) is 0 Å². The smallest absolute Gasteiger partial charge is 0.0584 e. The largest absolute Gasteiger partial charge is 0.395 e. The highest BCUT2D eigenvalue weighted by Gasteiger charge is 2.20. The van der Waals surface area contributed by atoms with Crippen LogP contribution >= 0.6 is 0 Å². The predicted octanol–water partition coefficient (Wildman–Crippen LogP) is 0.914. The average molecular weight is 187 g/mol. The van der Waals surface area contributed by atoms with Crippen molar-refractivity contribution in [1.82, 2.24) is 5.32 Å². The molecule has 0 bridgehead atoms. The maximum absolute atomic E-state index is 9.03. The second-order valence-electron chi connectivity index (χ2n) is 3.86. The normalized spacial score (nSPS) is 31.6. The molecule has 1 saturated heterocycles. The molecule has 0 aliphatic carbocycles. The summed E-state index contributed by atoms with van der Waals surface area (Å²) in [4.78, 5) is 0. The third-order valence-corrected chi connectivity index (χ3v) is 2.67. The molecule has 0 spiro atoms. The summed E-state index contributed by atoms with van der Waals surface area (Å²) in [6.07, 6.45) is 3.49. The summed E-state index contributed by atoms with van der Waals surface area (Å²) in [6.45, 7) is 5.29. The molecule has 0 aromatic carbocycles. The number of hydrogen-bond donors (Lipinski definition) is 2. The summed E-state index contributed by atoms with van der Waals surface area (Å²) < 4.78 is 5.45. The maximum Gasteiger partial charge on any atom is 0.0584 e. The molecule has 0 aromatic rings. The maximum atomic E-state index is 9.03. The topological polar surface area (TPSA) is 41.5 Å². The van der Waals surface area contributed by atoms with Gasteiger partial charge in [0, 0.05) is 18.7 Å². The summed E-state index contributed by atoms with van der Waals surface area (Å²) in [5.74, 6) is 0. The molecule has 1 aliphatic rings. The molecule has 13 heavy (non-hydrogen) atoms. The molecule has 3 atom stereocenters. The lowest BCUT2D eigenvalue weighted by Gasteiger charge is -2.30. The molecule has 78 valence electrons. The van der Waals surface area contributed by atoms with Crippen LogP contribution < -0.4 is 5.32 Å². The first-order chi connectivity index (χ1) is 6.26. The zero-order valence-corrected chi connectivity index (χ0v) is 8.62. The minimum Gasteiger partial charge on any atom is -0.395 e. The van der Waals surface area contributed by atoms with Crippen LogP contribution in [0.2, 0.25) is 0 Å². The Kier molecular flexibility index (Phi) is 4.70. The van der Waals surface area contributed by atoms with E-state index in [4.69, 9.17) is 9.84 Å². The van der Waals surface area contributed by atoms with Crippen LogP contribution in [0.3, 0.4) is 0 Å². The van der Waals surface area contributed by atoms with Crippen LogP contribution in [0.5, 0.6) is 0 Å². The molecule has 3 heteroatoms. The van der Waals surface area contributed by atoms with E-state index in [1.165, 1.54) is 0 Å². The highest BCUT2D eigenvalue weighted by atomic mass is 16.5. The Balaban J connectivity index is 2.26. The standard InChI is InChI=1S/C10H21NO2/c1-3-9(7-12)11-10-4-5-13-8(2)6-10/h8-12H,3-7H2,1-2H3. The lowest BCUT2D eigenvalue weighted by atomic mass is 10.0. The SMILES string of the molecule is CCC(CO)NC1CCOC(C)C1. The van der Waals surface area contributed by atoms with Crippen LogP contribution in [0.15, 0.2) is 0 Å². The van der Waals surface area contributed by atoms with E-state index in [0.29, 0.717) is 12.1 Å². The van der Waals surface area contributed by atoms with E-state index in [2.05, 4.69) is 19.2 Å². The van der Waals surface area contributed by atoms with Gasteiger partial charge in [-0.1, -0.05) is 6.92 Å². The molecule has 1 aliphatic heterocycles. The monoisotopic (exact) mass is 187 g/mol. The zero-order chi connectivity index (χ0) is 9.68. The van der Waals surface area contributed by atoms with Crippen molar-refractivity contribution < 1.29 is 9.84 Å². The van der Waals surface area contributed by atoms with E-state index >= 15 is 0 Å². The predicted molar refractivity (Wildman–Crippen MR) is 52.7 cm³/mol. The Morgan fingerprint density at radius 2 is 2.38 bits per heavy atom. The van der Waals surface area contributed by atoms with E-state index < -0.39 is 0 Å². The summed E-state index contributed by atoms with van der Waals surface area (Å²) in [5, 5.41) is 12.5. The van der Waals surface area contributed by atoms with Crippen molar-refractivity contribution in [2.45, 2.75) is 51.3 Å². The minimum absolute atomic E-state index is 0.238. The van der Waals surface area contributed by atoms with Gasteiger partial charge in [0.05, 0.1) is 12.7 Å². The van der Waals surface area contributed by atoms with Crippen LogP contribution in [0.1, 0.15) is 33.1 Å². The summed E-state index contributed by atoms with van der Waals surface area (Å²) in [5.41, 5.74) is 0. The van der Waals surface area contributed by atoms with Crippen molar-refractivity contribution in [2.24, 2.45) is 0 Å². The molecule has 0 amide bonds. The molecule has 3 unspecified atom stereocenters. The lowest BCUT2D eigenvalue weighted by molar-refractivity contribution is 0.00958. The number of aliphatic hydroxyl groups excluding tert-OH is 1. The molecule has 2 N–H and O–H groups in total. The van der Waals surface area contributed by atoms with E-state index in [-0.39, 0.29) is 12.6 Å². The Morgan fingerprint density at radius 1 is 1.62 bits per heavy atom. The Labute approximate surface area is 80.5 Å². The third kappa shape index (κ3) is 3.63. The Morgan fingerprint density at radius 3 is 2.92 bits per heavy atom. The summed E-state index contributed by atoms with van der Waals surface area (Å²) in [7, 11) is 0. The van der Waals surface area contributed by atoms with Crippen molar-refractivity contribution in [3.8, 4) is 0 Å². The molecular weight excluding hydrogens is 166 g/mol. The highest BCUT2D eigenvalue weighted by molar-refractivity contribution is 4.78. The van der Waals surface area contributed by atoms with E-state index in [1.807, 2.05) is 0 Å². The van der Waals surface area contributed by atoms with Gasteiger partial charge in [0.15, 0.2) is 0 Å². The first-order valence-corrected chi connectivity index (χ1v) is 5.24. The van der Waals surface area contributed by atoms with Gasteiger partial charge in [-0.05, 0) is 26.2 Å². The van der Waals surface area contributed by atoms with Crippen LogP contribution in [-0.2, 0) is 4.74 Å². The molecule has 1 heterocycles. The molecule has 1 fully saturated rings. The van der Waals surface area contributed by atoms with E-state index in [1.54, 1.807) is 0 Å². The first kappa shape index (κ1) is 11.0. The van der Waals surface area contributed by atoms with Gasteiger partial charge in [0.25, 0.3) is 0 Å². The number of aliphatic hydroxyl groups is 1. The molecule has 0 saturated carbocycles. The minimum atomic E-state index is 0.238. The van der Waals surface area contributed by atoms with Crippen molar-refractivity contribution >= 4 is 0 Å². The first-order valence-electron chi connectivity index (χ1n) is 5.24. The van der Waals surface area contributed by atoms with Crippen LogP contribution in [-0.4, -0.2) is 36.5 Å². The second-order valence-corrected chi connectivity index (χ2v) is 3.86. The summed E-state index contributed by atoms with van der Waals surface area (Å²) in [6, 6.07) is 0.788. The van der Waals surface area contributed by atoms with Gasteiger partial charge in [-0.2, -0.15) is 0 Å².